The molecule has 8 heteroatoms. The Balaban J connectivity index is 2.11. The van der Waals surface area contributed by atoms with Gasteiger partial charge in [0.1, 0.15) is 6.04 Å². The normalized spacial score (nSPS) is 19.5. The predicted molar refractivity (Wildman–Crippen MR) is 87.6 cm³/mol. The van der Waals surface area contributed by atoms with Crippen molar-refractivity contribution in [2.24, 2.45) is 0 Å². The number of amides is 1. The average Bonchev–Trinajstić information content (AvgIpc) is 2.45. The summed E-state index contributed by atoms with van der Waals surface area (Å²) < 4.78 is 24.9. The van der Waals surface area contributed by atoms with Crippen LogP contribution >= 0.6 is 0 Å². The number of H-pyrrole nitrogens is 1. The van der Waals surface area contributed by atoms with E-state index in [2.05, 4.69) is 10.3 Å². The number of pyridine rings is 1. The van der Waals surface area contributed by atoms with Crippen molar-refractivity contribution in [2.75, 3.05) is 12.8 Å². The van der Waals surface area contributed by atoms with Gasteiger partial charge in [-0.15, -0.1) is 0 Å². The number of aromatic amines is 1. The Kier molecular flexibility index (Phi) is 5.26. The van der Waals surface area contributed by atoms with E-state index in [-0.39, 0.29) is 18.0 Å². The van der Waals surface area contributed by atoms with Crippen LogP contribution in [0.2, 0.25) is 0 Å². The van der Waals surface area contributed by atoms with E-state index in [4.69, 9.17) is 0 Å². The van der Waals surface area contributed by atoms with Crippen molar-refractivity contribution in [1.82, 2.24) is 14.6 Å². The maximum absolute atomic E-state index is 12.4. The molecule has 128 valence electrons. The summed E-state index contributed by atoms with van der Waals surface area (Å²) in [6.45, 7) is 4.06. The number of hydrogen-bond acceptors (Lipinski definition) is 4. The van der Waals surface area contributed by atoms with E-state index in [1.165, 1.54) is 4.31 Å². The Morgan fingerprint density at radius 2 is 2.09 bits per heavy atom. The average molecular weight is 341 g/mol. The van der Waals surface area contributed by atoms with Gasteiger partial charge in [-0.3, -0.25) is 9.59 Å². The molecule has 0 unspecified atom stereocenters. The van der Waals surface area contributed by atoms with Gasteiger partial charge in [0, 0.05) is 24.3 Å². The number of carbonyl (C=O) groups excluding carboxylic acids is 1. The van der Waals surface area contributed by atoms with Gasteiger partial charge in [-0.05, 0) is 38.3 Å². The van der Waals surface area contributed by atoms with Gasteiger partial charge < -0.3 is 10.3 Å². The summed E-state index contributed by atoms with van der Waals surface area (Å²) in [5.41, 5.74) is 1.82. The second-order valence-electron chi connectivity index (χ2n) is 6.05. The summed E-state index contributed by atoms with van der Waals surface area (Å²) in [4.78, 5) is 27.1. The Labute approximate surface area is 136 Å². The molecule has 2 rings (SSSR count). The number of sulfonamides is 1. The molecule has 1 fully saturated rings. The van der Waals surface area contributed by atoms with Crippen molar-refractivity contribution in [3.8, 4) is 0 Å². The van der Waals surface area contributed by atoms with Gasteiger partial charge in [0.25, 0.3) is 5.56 Å². The highest BCUT2D eigenvalue weighted by Crippen LogP contribution is 2.20. The summed E-state index contributed by atoms with van der Waals surface area (Å²) in [7, 11) is -3.42. The molecule has 1 amide bonds. The van der Waals surface area contributed by atoms with Crippen LogP contribution in [0, 0.1) is 13.8 Å². The van der Waals surface area contributed by atoms with Gasteiger partial charge in [0.05, 0.1) is 6.26 Å². The van der Waals surface area contributed by atoms with Crippen molar-refractivity contribution in [3.63, 3.8) is 0 Å². The van der Waals surface area contributed by atoms with Crippen LogP contribution in [0.3, 0.4) is 0 Å². The fourth-order valence-corrected chi connectivity index (χ4v) is 4.08. The number of nitrogens with one attached hydrogen (secondary N) is 2. The van der Waals surface area contributed by atoms with Crippen molar-refractivity contribution in [3.05, 3.63) is 33.2 Å². The van der Waals surface area contributed by atoms with Crippen LogP contribution in [0.25, 0.3) is 0 Å². The van der Waals surface area contributed by atoms with E-state index in [1.807, 2.05) is 13.0 Å². The summed E-state index contributed by atoms with van der Waals surface area (Å²) in [5.74, 6) is -0.352. The summed E-state index contributed by atoms with van der Waals surface area (Å²) in [5, 5.41) is 2.71. The van der Waals surface area contributed by atoms with Crippen molar-refractivity contribution < 1.29 is 13.2 Å². The maximum Gasteiger partial charge on any atom is 0.253 e. The van der Waals surface area contributed by atoms with E-state index in [0.717, 1.165) is 30.4 Å². The molecule has 1 aliphatic rings. The first kappa shape index (κ1) is 17.7. The first-order valence-corrected chi connectivity index (χ1v) is 9.49. The standard InChI is InChI=1S/C15H23N3O4S/c1-10-8-11(2)17-14(19)12(10)9-16-15(20)13-6-4-5-7-18(13)23(3,21)22/h8,13H,4-7,9H2,1-3H3,(H,16,20)(H,17,19)/t13-/m0/s1. The molecule has 0 aliphatic carbocycles. The summed E-state index contributed by atoms with van der Waals surface area (Å²) >= 11 is 0. The minimum absolute atomic E-state index is 0.0916. The topological polar surface area (TPSA) is 99.3 Å². The highest BCUT2D eigenvalue weighted by Gasteiger charge is 2.34. The maximum atomic E-state index is 12.4. The lowest BCUT2D eigenvalue weighted by Gasteiger charge is -2.32. The number of rotatable bonds is 4. The third-order valence-corrected chi connectivity index (χ3v) is 5.40. The molecule has 1 aromatic heterocycles. The number of piperidine rings is 1. The van der Waals surface area contributed by atoms with Crippen LogP contribution in [0.4, 0.5) is 0 Å². The fraction of sp³-hybridized carbons (Fsp3) is 0.600. The van der Waals surface area contributed by atoms with E-state index >= 15 is 0 Å². The number of aromatic nitrogens is 1. The molecule has 23 heavy (non-hydrogen) atoms. The molecule has 7 nitrogen and oxygen atoms in total. The molecule has 1 atom stereocenters. The van der Waals surface area contributed by atoms with Crippen LogP contribution in [0.5, 0.6) is 0 Å². The first-order valence-electron chi connectivity index (χ1n) is 7.64. The lowest BCUT2D eigenvalue weighted by Crippen LogP contribution is -2.51. The monoisotopic (exact) mass is 341 g/mol. The lowest BCUT2D eigenvalue weighted by molar-refractivity contribution is -0.125. The van der Waals surface area contributed by atoms with Gasteiger partial charge in [-0.2, -0.15) is 4.31 Å². The number of nitrogens with zero attached hydrogens (tertiary/aromatic N) is 1. The third-order valence-electron chi connectivity index (χ3n) is 4.12. The van der Waals surface area contributed by atoms with Gasteiger partial charge in [0.2, 0.25) is 15.9 Å². The molecule has 0 aromatic carbocycles. The van der Waals surface area contributed by atoms with Crippen LogP contribution in [-0.2, 0) is 21.4 Å². The molecule has 2 N–H and O–H groups in total. The van der Waals surface area contributed by atoms with Crippen molar-refractivity contribution in [2.45, 2.75) is 45.7 Å². The molecule has 0 saturated carbocycles. The Morgan fingerprint density at radius 3 is 2.70 bits per heavy atom. The zero-order valence-electron chi connectivity index (χ0n) is 13.7. The Morgan fingerprint density at radius 1 is 1.39 bits per heavy atom. The Bertz CT molecular complexity index is 754. The van der Waals surface area contributed by atoms with E-state index in [1.54, 1.807) is 6.92 Å². The van der Waals surface area contributed by atoms with Gasteiger partial charge in [0.15, 0.2) is 0 Å². The predicted octanol–water partition coefficient (Wildman–Crippen LogP) is 0.422. The molecular formula is C15H23N3O4S. The van der Waals surface area contributed by atoms with E-state index in [0.29, 0.717) is 18.5 Å². The second-order valence-corrected chi connectivity index (χ2v) is 7.98. The van der Waals surface area contributed by atoms with E-state index < -0.39 is 16.1 Å². The number of carbonyl (C=O) groups is 1. The van der Waals surface area contributed by atoms with Gasteiger partial charge >= 0.3 is 0 Å². The molecule has 2 heterocycles. The molecule has 1 aliphatic heterocycles. The van der Waals surface area contributed by atoms with Gasteiger partial charge in [-0.1, -0.05) is 6.42 Å². The number of aryl methyl sites for hydroxylation is 2. The molecular weight excluding hydrogens is 318 g/mol. The molecule has 0 bridgehead atoms. The molecule has 0 radical (unpaired) electrons. The largest absolute Gasteiger partial charge is 0.350 e. The minimum Gasteiger partial charge on any atom is -0.350 e. The van der Waals surface area contributed by atoms with Crippen molar-refractivity contribution in [1.29, 1.82) is 0 Å². The van der Waals surface area contributed by atoms with E-state index in [9.17, 15) is 18.0 Å². The molecule has 0 spiro atoms. The quantitative estimate of drug-likeness (QED) is 0.829. The third kappa shape index (κ3) is 4.20. The summed E-state index contributed by atoms with van der Waals surface area (Å²) in [6, 6.07) is 1.15. The second kappa shape index (κ2) is 6.84. The highest BCUT2D eigenvalue weighted by atomic mass is 32.2. The fourth-order valence-electron chi connectivity index (χ4n) is 2.96. The molecule has 1 aromatic rings. The van der Waals surface area contributed by atoms with Gasteiger partial charge in [-0.25, -0.2) is 8.42 Å². The smallest absolute Gasteiger partial charge is 0.253 e. The van der Waals surface area contributed by atoms with Crippen molar-refractivity contribution >= 4 is 15.9 Å². The SMILES string of the molecule is Cc1cc(C)c(CNC(=O)[C@@H]2CCCCN2S(C)(=O)=O)c(=O)[nH]1. The Hall–Kier alpha value is -1.67. The first-order chi connectivity index (χ1) is 10.7. The zero-order chi connectivity index (χ0) is 17.2. The number of hydrogen-bond donors (Lipinski definition) is 2. The molecule has 1 saturated heterocycles. The van der Waals surface area contributed by atoms with Crippen LogP contribution in [0.1, 0.15) is 36.1 Å². The van der Waals surface area contributed by atoms with Crippen LogP contribution in [-0.4, -0.2) is 42.5 Å². The lowest BCUT2D eigenvalue weighted by atomic mass is 10.0. The van der Waals surface area contributed by atoms with Crippen LogP contribution in [0.15, 0.2) is 10.9 Å². The minimum atomic E-state index is -3.42. The zero-order valence-corrected chi connectivity index (χ0v) is 14.5. The van der Waals surface area contributed by atoms with Crippen LogP contribution < -0.4 is 10.9 Å². The highest BCUT2D eigenvalue weighted by molar-refractivity contribution is 7.88. The summed E-state index contributed by atoms with van der Waals surface area (Å²) in [6.07, 6.45) is 3.19.